The molecule has 0 spiro atoms. The standard InChI is InChI=1S/C22H27N5OS/c1-5-23-21-24-12(3)17(20-26-14-8-6-7-9-16(14)29-20)19(27-21)25-15-10-13-18(28)22(13,4)11(15)2/h6-9,11,13,15,18,28H,5,10H2,1-4H3,(H2,23,24,25,27)/t11-,13+,15+,18?,22+/m0/s1. The molecule has 0 saturated heterocycles. The van der Waals surface area contributed by atoms with Gasteiger partial charge in [0.25, 0.3) is 0 Å². The first-order chi connectivity index (χ1) is 13.9. The third-order valence-corrected chi connectivity index (χ3v) is 8.11. The fourth-order valence-corrected chi connectivity index (χ4v) is 6.07. The Morgan fingerprint density at radius 3 is 2.72 bits per heavy atom. The minimum Gasteiger partial charge on any atom is -0.392 e. The lowest BCUT2D eigenvalue weighted by Crippen LogP contribution is -2.31. The van der Waals surface area contributed by atoms with Crippen molar-refractivity contribution in [1.29, 1.82) is 0 Å². The number of thiazole rings is 1. The highest BCUT2D eigenvalue weighted by Gasteiger charge is 2.69. The minimum absolute atomic E-state index is 0.0280. The van der Waals surface area contributed by atoms with E-state index in [0.717, 1.165) is 45.3 Å². The van der Waals surface area contributed by atoms with Crippen LogP contribution < -0.4 is 10.6 Å². The van der Waals surface area contributed by atoms with Crippen molar-refractivity contribution >= 4 is 33.3 Å². The highest BCUT2D eigenvalue weighted by molar-refractivity contribution is 7.21. The number of aliphatic hydroxyl groups excluding tert-OH is 1. The number of fused-ring (bicyclic) bond motifs is 2. The van der Waals surface area contributed by atoms with Gasteiger partial charge in [0.15, 0.2) is 0 Å². The van der Waals surface area contributed by atoms with E-state index in [9.17, 15) is 5.11 Å². The van der Waals surface area contributed by atoms with E-state index in [4.69, 9.17) is 9.97 Å². The average molecular weight is 410 g/mol. The highest BCUT2D eigenvalue weighted by atomic mass is 32.1. The maximum Gasteiger partial charge on any atom is 0.224 e. The van der Waals surface area contributed by atoms with Gasteiger partial charge in [-0.3, -0.25) is 0 Å². The Morgan fingerprint density at radius 1 is 1.24 bits per heavy atom. The molecule has 5 rings (SSSR count). The van der Waals surface area contributed by atoms with Gasteiger partial charge in [0.2, 0.25) is 5.95 Å². The SMILES string of the molecule is CCNc1nc(C)c(-c2nc3ccccc3s2)c(N[C@@H]2C[C@@H]3C(O)[C@]3(C)[C@H]2C)n1. The molecular weight excluding hydrogens is 382 g/mol. The van der Waals surface area contributed by atoms with Crippen molar-refractivity contribution in [2.75, 3.05) is 17.2 Å². The normalized spacial score (nSPS) is 30.4. The van der Waals surface area contributed by atoms with Crippen LogP contribution in [0.1, 0.15) is 32.9 Å². The first-order valence-electron chi connectivity index (χ1n) is 10.4. The lowest BCUT2D eigenvalue weighted by Gasteiger charge is -2.26. The molecule has 6 nitrogen and oxygen atoms in total. The van der Waals surface area contributed by atoms with Gasteiger partial charge in [0.05, 0.1) is 27.6 Å². The van der Waals surface area contributed by atoms with Crippen molar-refractivity contribution < 1.29 is 5.11 Å². The predicted molar refractivity (Wildman–Crippen MR) is 118 cm³/mol. The maximum absolute atomic E-state index is 10.3. The van der Waals surface area contributed by atoms with Crippen LogP contribution in [0, 0.1) is 24.2 Å². The molecule has 5 atom stereocenters. The van der Waals surface area contributed by atoms with Crippen LogP contribution in [0.25, 0.3) is 20.8 Å². The van der Waals surface area contributed by atoms with Crippen molar-refractivity contribution in [3.63, 3.8) is 0 Å². The number of nitrogens with zero attached hydrogens (tertiary/aromatic N) is 3. The summed E-state index contributed by atoms with van der Waals surface area (Å²) >= 11 is 1.67. The highest BCUT2D eigenvalue weighted by Crippen LogP contribution is 2.66. The van der Waals surface area contributed by atoms with Gasteiger partial charge in [-0.2, -0.15) is 4.98 Å². The number of aryl methyl sites for hydroxylation is 1. The van der Waals surface area contributed by atoms with E-state index in [0.29, 0.717) is 17.8 Å². The van der Waals surface area contributed by atoms with Crippen molar-refractivity contribution in [3.8, 4) is 10.6 Å². The van der Waals surface area contributed by atoms with Gasteiger partial charge in [-0.05, 0) is 44.2 Å². The molecule has 0 amide bonds. The van der Waals surface area contributed by atoms with Gasteiger partial charge in [-0.25, -0.2) is 9.97 Å². The summed E-state index contributed by atoms with van der Waals surface area (Å²) in [5, 5.41) is 18.2. The third-order valence-electron chi connectivity index (χ3n) is 7.06. The topological polar surface area (TPSA) is 83.0 Å². The number of hydrogen-bond acceptors (Lipinski definition) is 7. The molecule has 152 valence electrons. The van der Waals surface area contributed by atoms with Crippen LogP contribution in [0.3, 0.4) is 0 Å². The molecule has 2 aliphatic rings. The molecule has 2 heterocycles. The largest absolute Gasteiger partial charge is 0.392 e. The first kappa shape index (κ1) is 18.8. The second kappa shape index (κ2) is 6.64. The summed E-state index contributed by atoms with van der Waals surface area (Å²) in [5.74, 6) is 2.24. The number of benzene rings is 1. The summed E-state index contributed by atoms with van der Waals surface area (Å²) in [6, 6.07) is 8.48. The number of aliphatic hydroxyl groups is 1. The predicted octanol–water partition coefficient (Wildman–Crippen LogP) is 4.31. The molecule has 2 aromatic heterocycles. The molecule has 1 aromatic carbocycles. The van der Waals surface area contributed by atoms with Crippen molar-refractivity contribution in [2.24, 2.45) is 17.3 Å². The Balaban J connectivity index is 1.56. The monoisotopic (exact) mass is 409 g/mol. The second-order valence-corrected chi connectivity index (χ2v) is 9.60. The molecule has 0 aliphatic heterocycles. The molecule has 3 N–H and O–H groups in total. The summed E-state index contributed by atoms with van der Waals surface area (Å²) in [5.41, 5.74) is 2.92. The number of para-hydroxylation sites is 1. The zero-order chi connectivity index (χ0) is 20.3. The molecule has 0 bridgehead atoms. The van der Waals surface area contributed by atoms with Crippen LogP contribution in [0.2, 0.25) is 0 Å². The smallest absolute Gasteiger partial charge is 0.224 e. The Bertz CT molecular complexity index is 1050. The summed E-state index contributed by atoms with van der Waals surface area (Å²) in [4.78, 5) is 14.4. The molecule has 0 radical (unpaired) electrons. The lowest BCUT2D eigenvalue weighted by atomic mass is 9.90. The summed E-state index contributed by atoms with van der Waals surface area (Å²) in [7, 11) is 0. The number of nitrogens with one attached hydrogen (secondary N) is 2. The van der Waals surface area contributed by atoms with Crippen molar-refractivity contribution in [2.45, 2.75) is 46.3 Å². The zero-order valence-corrected chi connectivity index (χ0v) is 18.0. The zero-order valence-electron chi connectivity index (χ0n) is 17.2. The van der Waals surface area contributed by atoms with Crippen LogP contribution >= 0.6 is 11.3 Å². The van der Waals surface area contributed by atoms with E-state index in [-0.39, 0.29) is 17.6 Å². The van der Waals surface area contributed by atoms with E-state index in [1.54, 1.807) is 11.3 Å². The van der Waals surface area contributed by atoms with Gasteiger partial charge >= 0.3 is 0 Å². The van der Waals surface area contributed by atoms with E-state index in [1.807, 2.05) is 32.0 Å². The van der Waals surface area contributed by atoms with Crippen LogP contribution in [0.5, 0.6) is 0 Å². The van der Waals surface area contributed by atoms with Gasteiger partial charge in [-0.15, -0.1) is 11.3 Å². The summed E-state index contributed by atoms with van der Waals surface area (Å²) < 4.78 is 1.16. The molecule has 29 heavy (non-hydrogen) atoms. The van der Waals surface area contributed by atoms with Crippen molar-refractivity contribution in [3.05, 3.63) is 30.0 Å². The molecule has 2 fully saturated rings. The van der Waals surface area contributed by atoms with Crippen LogP contribution in [0.15, 0.2) is 24.3 Å². The summed E-state index contributed by atoms with van der Waals surface area (Å²) in [6.45, 7) is 9.28. The Kier molecular flexibility index (Phi) is 4.29. The van der Waals surface area contributed by atoms with Crippen LogP contribution in [0.4, 0.5) is 11.8 Å². The maximum atomic E-state index is 10.3. The Hall–Kier alpha value is -2.25. The third kappa shape index (κ3) is 2.82. The number of rotatable bonds is 5. The fraction of sp³-hybridized carbons (Fsp3) is 0.500. The molecule has 2 aliphatic carbocycles. The molecule has 1 unspecified atom stereocenters. The number of hydrogen-bond donors (Lipinski definition) is 3. The van der Waals surface area contributed by atoms with Crippen molar-refractivity contribution in [1.82, 2.24) is 15.0 Å². The lowest BCUT2D eigenvalue weighted by molar-refractivity contribution is 0.175. The fourth-order valence-electron chi connectivity index (χ4n) is 5.01. The Morgan fingerprint density at radius 2 is 2.03 bits per heavy atom. The molecule has 2 saturated carbocycles. The van der Waals surface area contributed by atoms with Gasteiger partial charge in [0.1, 0.15) is 10.8 Å². The second-order valence-electron chi connectivity index (χ2n) is 8.57. The van der Waals surface area contributed by atoms with E-state index >= 15 is 0 Å². The van der Waals surface area contributed by atoms with Crippen LogP contribution in [-0.4, -0.2) is 38.7 Å². The number of aromatic nitrogens is 3. The number of anilines is 2. The van der Waals surface area contributed by atoms with E-state index in [1.165, 1.54) is 0 Å². The average Bonchev–Trinajstić information content (AvgIpc) is 2.99. The van der Waals surface area contributed by atoms with Gasteiger partial charge in [0, 0.05) is 18.0 Å². The van der Waals surface area contributed by atoms with Gasteiger partial charge < -0.3 is 15.7 Å². The van der Waals surface area contributed by atoms with E-state index < -0.39 is 0 Å². The molecule has 3 aromatic rings. The quantitative estimate of drug-likeness (QED) is 0.582. The Labute approximate surface area is 174 Å². The minimum atomic E-state index is -0.163. The van der Waals surface area contributed by atoms with E-state index in [2.05, 4.69) is 35.5 Å². The van der Waals surface area contributed by atoms with Gasteiger partial charge in [-0.1, -0.05) is 26.0 Å². The summed E-state index contributed by atoms with van der Waals surface area (Å²) in [6.07, 6.45) is 0.807. The van der Waals surface area contributed by atoms with Crippen LogP contribution in [-0.2, 0) is 0 Å². The first-order valence-corrected chi connectivity index (χ1v) is 11.2. The molecule has 7 heteroatoms. The molecular formula is C22H27N5OS.